The second-order valence-corrected chi connectivity index (χ2v) is 6.42. The molecule has 0 radical (unpaired) electrons. The summed E-state index contributed by atoms with van der Waals surface area (Å²) in [6.07, 6.45) is -0.183. The van der Waals surface area contributed by atoms with Crippen molar-refractivity contribution < 1.29 is 14.2 Å². The van der Waals surface area contributed by atoms with Crippen molar-refractivity contribution in [2.45, 2.75) is 20.1 Å². The molecule has 0 aliphatic carbocycles. The molecule has 0 aliphatic rings. The lowest BCUT2D eigenvalue weighted by Gasteiger charge is -2.19. The summed E-state index contributed by atoms with van der Waals surface area (Å²) in [5, 5.41) is 9.72. The van der Waals surface area contributed by atoms with E-state index in [-0.39, 0.29) is 0 Å². The van der Waals surface area contributed by atoms with E-state index in [1.165, 1.54) is 0 Å². The summed E-state index contributed by atoms with van der Waals surface area (Å²) in [7, 11) is -2.65. The van der Waals surface area contributed by atoms with Crippen LogP contribution < -0.4 is 0 Å². The zero-order chi connectivity index (χ0) is 11.3. The first kappa shape index (κ1) is 12.4. The van der Waals surface area contributed by atoms with Crippen molar-refractivity contribution in [2.24, 2.45) is 0 Å². The number of hydrogen-bond donors (Lipinski definition) is 1. The van der Waals surface area contributed by atoms with Gasteiger partial charge in [-0.1, -0.05) is 44.2 Å². The van der Waals surface area contributed by atoms with Crippen molar-refractivity contribution in [1.29, 1.82) is 0 Å². The molecule has 0 bridgehead atoms. The van der Waals surface area contributed by atoms with E-state index < -0.39 is 13.7 Å². The summed E-state index contributed by atoms with van der Waals surface area (Å²) in [5.41, 5.74) is 0.639. The van der Waals surface area contributed by atoms with E-state index in [9.17, 15) is 9.67 Å². The summed E-state index contributed by atoms with van der Waals surface area (Å²) < 4.78 is 17.2. The summed E-state index contributed by atoms with van der Waals surface area (Å²) >= 11 is 0. The summed E-state index contributed by atoms with van der Waals surface area (Å²) in [4.78, 5) is 0. The van der Waals surface area contributed by atoms with E-state index in [4.69, 9.17) is 4.52 Å². The van der Waals surface area contributed by atoms with Gasteiger partial charge in [-0.15, -0.1) is 0 Å². The Hall–Kier alpha value is -0.630. The van der Waals surface area contributed by atoms with Gasteiger partial charge in [-0.3, -0.25) is 9.09 Å². The molecule has 1 rings (SSSR count). The highest BCUT2D eigenvalue weighted by Crippen LogP contribution is 2.49. The maximum atomic E-state index is 12.0. The topological polar surface area (TPSA) is 46.5 Å². The minimum atomic E-state index is -2.65. The van der Waals surface area contributed by atoms with E-state index in [0.717, 1.165) is 0 Å². The smallest absolute Gasteiger partial charge is 0.205 e. The van der Waals surface area contributed by atoms with Crippen LogP contribution in [0, 0.1) is 0 Å². The van der Waals surface area contributed by atoms with Crippen LogP contribution in [-0.4, -0.2) is 17.4 Å². The molecule has 0 aliphatic heterocycles. The van der Waals surface area contributed by atoms with Crippen LogP contribution in [0.5, 0.6) is 0 Å². The van der Waals surface area contributed by atoms with Gasteiger partial charge in [0, 0.05) is 17.9 Å². The Balaban J connectivity index is 2.71. The molecule has 0 saturated heterocycles. The highest BCUT2D eigenvalue weighted by Gasteiger charge is 2.22. The molecule has 1 N–H and O–H groups in total. The van der Waals surface area contributed by atoms with Gasteiger partial charge in [-0.2, -0.15) is 0 Å². The van der Waals surface area contributed by atoms with Crippen molar-refractivity contribution in [3.05, 3.63) is 35.9 Å². The van der Waals surface area contributed by atoms with Crippen LogP contribution in [0.1, 0.15) is 25.7 Å². The fourth-order valence-corrected chi connectivity index (χ4v) is 2.46. The van der Waals surface area contributed by atoms with Crippen LogP contribution in [0.4, 0.5) is 0 Å². The molecule has 1 atom stereocenters. The van der Waals surface area contributed by atoms with Gasteiger partial charge in [0.25, 0.3) is 0 Å². The second kappa shape index (κ2) is 5.45. The predicted molar refractivity (Wildman–Crippen MR) is 61.2 cm³/mol. The first-order chi connectivity index (χ1) is 7.11. The van der Waals surface area contributed by atoms with Gasteiger partial charge in [-0.25, -0.2) is 0 Å². The molecule has 84 valence electrons. The Morgan fingerprint density at radius 2 is 1.80 bits per heavy atom. The molecule has 0 heterocycles. The Morgan fingerprint density at radius 1 is 1.27 bits per heavy atom. The molecule has 3 nitrogen and oxygen atoms in total. The summed E-state index contributed by atoms with van der Waals surface area (Å²) in [6, 6.07) is 8.98. The van der Waals surface area contributed by atoms with E-state index >= 15 is 0 Å². The van der Waals surface area contributed by atoms with Crippen molar-refractivity contribution in [3.63, 3.8) is 0 Å². The van der Waals surface area contributed by atoms with Crippen molar-refractivity contribution in [3.8, 4) is 0 Å². The number of hydrogen-bond acceptors (Lipinski definition) is 3. The normalized spacial score (nSPS) is 13.8. The van der Waals surface area contributed by atoms with Crippen molar-refractivity contribution >= 4 is 7.37 Å². The standard InChI is InChI=1S/C11H17O3P/c1-3-15(13,4-2)14-11(12)10-8-6-5-7-9-10/h5-9,11-12H,3-4H2,1-2H3. The molecule has 0 amide bonds. The molecule has 0 saturated carbocycles. The molecule has 0 fully saturated rings. The van der Waals surface area contributed by atoms with E-state index in [1.807, 2.05) is 32.0 Å². The minimum absolute atomic E-state index is 0.452. The van der Waals surface area contributed by atoms with Gasteiger partial charge < -0.3 is 5.11 Å². The Morgan fingerprint density at radius 3 is 2.27 bits per heavy atom. The van der Waals surface area contributed by atoms with E-state index in [0.29, 0.717) is 17.9 Å². The first-order valence-corrected chi connectivity index (χ1v) is 7.10. The summed E-state index contributed by atoms with van der Waals surface area (Å²) in [6.45, 7) is 3.62. The minimum Gasteiger partial charge on any atom is -0.364 e. The molecule has 0 aromatic heterocycles. The lowest BCUT2D eigenvalue weighted by Crippen LogP contribution is -2.04. The van der Waals surface area contributed by atoms with Gasteiger partial charge in [-0.05, 0) is 0 Å². The molecule has 4 heteroatoms. The average Bonchev–Trinajstić information content (AvgIpc) is 2.30. The monoisotopic (exact) mass is 228 g/mol. The number of rotatable bonds is 5. The molecule has 1 aromatic rings. The average molecular weight is 228 g/mol. The predicted octanol–water partition coefficient (Wildman–Crippen LogP) is 3.01. The van der Waals surface area contributed by atoms with Gasteiger partial charge >= 0.3 is 0 Å². The van der Waals surface area contributed by atoms with E-state index in [2.05, 4.69) is 0 Å². The van der Waals surface area contributed by atoms with Gasteiger partial charge in [0.2, 0.25) is 7.37 Å². The van der Waals surface area contributed by atoms with E-state index in [1.54, 1.807) is 12.1 Å². The van der Waals surface area contributed by atoms with Crippen LogP contribution >= 0.6 is 7.37 Å². The third-order valence-electron chi connectivity index (χ3n) is 2.34. The zero-order valence-electron chi connectivity index (χ0n) is 9.09. The maximum Gasteiger partial charge on any atom is 0.205 e. The van der Waals surface area contributed by atoms with Gasteiger partial charge in [0.1, 0.15) is 0 Å². The third kappa shape index (κ3) is 3.45. The van der Waals surface area contributed by atoms with Crippen LogP contribution in [0.25, 0.3) is 0 Å². The highest BCUT2D eigenvalue weighted by atomic mass is 31.2. The maximum absolute atomic E-state index is 12.0. The first-order valence-electron chi connectivity index (χ1n) is 5.11. The van der Waals surface area contributed by atoms with Crippen LogP contribution in [0.2, 0.25) is 0 Å². The molecule has 0 spiro atoms. The lowest BCUT2D eigenvalue weighted by molar-refractivity contribution is -0.0169. The Kier molecular flexibility index (Phi) is 4.52. The van der Waals surface area contributed by atoms with Gasteiger partial charge in [0.15, 0.2) is 6.29 Å². The largest absolute Gasteiger partial charge is 0.364 e. The van der Waals surface area contributed by atoms with Gasteiger partial charge in [0.05, 0.1) is 0 Å². The lowest BCUT2D eigenvalue weighted by atomic mass is 10.2. The molecule has 1 unspecified atom stereocenters. The van der Waals surface area contributed by atoms with Crippen LogP contribution in [0.15, 0.2) is 30.3 Å². The second-order valence-electron chi connectivity index (χ2n) is 3.32. The number of aliphatic hydroxyl groups excluding tert-OH is 1. The summed E-state index contributed by atoms with van der Waals surface area (Å²) in [5.74, 6) is 0. The molecule has 15 heavy (non-hydrogen) atoms. The molecular weight excluding hydrogens is 211 g/mol. The number of benzene rings is 1. The van der Waals surface area contributed by atoms with Crippen molar-refractivity contribution in [1.82, 2.24) is 0 Å². The zero-order valence-corrected chi connectivity index (χ0v) is 9.98. The third-order valence-corrected chi connectivity index (χ3v) is 4.85. The van der Waals surface area contributed by atoms with Crippen molar-refractivity contribution in [2.75, 3.05) is 12.3 Å². The molecular formula is C11H17O3P. The number of aliphatic hydroxyl groups is 1. The SMILES string of the molecule is CCP(=O)(CC)OC(O)c1ccccc1. The Bertz CT molecular complexity index is 329. The Labute approximate surface area is 90.5 Å². The molecule has 1 aromatic carbocycles. The van der Waals surface area contributed by atoms with Crippen LogP contribution in [0.3, 0.4) is 0 Å². The van der Waals surface area contributed by atoms with Crippen LogP contribution in [-0.2, 0) is 9.09 Å². The fourth-order valence-electron chi connectivity index (χ4n) is 1.23. The fraction of sp³-hybridized carbons (Fsp3) is 0.455. The quantitative estimate of drug-likeness (QED) is 0.622. The highest BCUT2D eigenvalue weighted by molar-refractivity contribution is 7.58.